The van der Waals surface area contributed by atoms with Gasteiger partial charge in [0.25, 0.3) is 11.8 Å². The van der Waals surface area contributed by atoms with Crippen LogP contribution in [0.25, 0.3) is 0 Å². The number of carbonyl (C=O) groups is 2. The Hall–Kier alpha value is -1.89. The first-order chi connectivity index (χ1) is 15.5. The number of hydrogen-bond acceptors (Lipinski definition) is 4. The Labute approximate surface area is 205 Å². The van der Waals surface area contributed by atoms with Gasteiger partial charge < -0.3 is 15.0 Å². The van der Waals surface area contributed by atoms with Gasteiger partial charge in [-0.2, -0.15) is 0 Å². The lowest BCUT2D eigenvalue weighted by molar-refractivity contribution is -0.0586. The van der Waals surface area contributed by atoms with E-state index < -0.39 is 0 Å². The van der Waals surface area contributed by atoms with Crippen LogP contribution in [0.2, 0.25) is 5.02 Å². The van der Waals surface area contributed by atoms with Crippen molar-refractivity contribution in [2.45, 2.75) is 66.1 Å². The van der Waals surface area contributed by atoms with Crippen molar-refractivity contribution < 1.29 is 14.3 Å². The summed E-state index contributed by atoms with van der Waals surface area (Å²) in [4.78, 5) is 29.9. The molecule has 3 atom stereocenters. The molecule has 2 aliphatic rings. The zero-order valence-corrected chi connectivity index (χ0v) is 21.6. The van der Waals surface area contributed by atoms with Crippen LogP contribution in [0.4, 0.5) is 5.00 Å². The third-order valence-corrected chi connectivity index (χ3v) is 8.17. The van der Waals surface area contributed by atoms with Crippen molar-refractivity contribution in [3.63, 3.8) is 0 Å². The number of amides is 2. The number of carbonyl (C=O) groups excluding carboxylic acids is 2. The molecular formula is C26H33ClN2O3S. The maximum absolute atomic E-state index is 13.8. The van der Waals surface area contributed by atoms with E-state index in [0.717, 1.165) is 24.8 Å². The van der Waals surface area contributed by atoms with Crippen molar-refractivity contribution in [3.05, 3.63) is 50.9 Å². The normalized spacial score (nSPS) is 23.2. The molecule has 2 amide bonds. The summed E-state index contributed by atoms with van der Waals surface area (Å²) in [5.41, 5.74) is 2.51. The molecule has 0 unspecified atom stereocenters. The topological polar surface area (TPSA) is 58.6 Å². The van der Waals surface area contributed by atoms with E-state index in [1.165, 1.54) is 4.88 Å². The highest BCUT2D eigenvalue weighted by atomic mass is 35.5. The number of fused-ring (bicyclic) bond motifs is 1. The molecule has 7 heteroatoms. The predicted octanol–water partition coefficient (Wildman–Crippen LogP) is 6.05. The van der Waals surface area contributed by atoms with Crippen LogP contribution in [-0.4, -0.2) is 42.0 Å². The Morgan fingerprint density at radius 1 is 1.12 bits per heavy atom. The molecule has 2 aromatic rings. The number of ether oxygens (including phenoxy) is 1. The second-order valence-corrected chi connectivity index (χ2v) is 12.0. The summed E-state index contributed by atoms with van der Waals surface area (Å²) in [5.74, 6) is 0.320. The molecular weight excluding hydrogens is 456 g/mol. The Morgan fingerprint density at radius 2 is 1.76 bits per heavy atom. The first-order valence-electron chi connectivity index (χ1n) is 11.7. The minimum absolute atomic E-state index is 0.00452. The number of rotatable bonds is 3. The standard InChI is InChI=1S/C26H33ClN2O3S/c1-15-13-29(14-16(2)32-15)25(31)22-20-11-8-18(26(3,4)5)12-21(20)33-24(22)28-23(30)17-6-9-19(27)10-7-17/h6-7,9-10,15-16,18H,8,11-14H2,1-5H3,(H,28,30)/t15-,16-,18+/m1/s1. The number of halogens is 1. The number of thiophene rings is 1. The van der Waals surface area contributed by atoms with Gasteiger partial charge in [0.2, 0.25) is 0 Å². The smallest absolute Gasteiger partial charge is 0.257 e. The molecule has 0 bridgehead atoms. The number of nitrogens with one attached hydrogen (secondary N) is 1. The van der Waals surface area contributed by atoms with E-state index in [0.29, 0.717) is 40.2 Å². The molecule has 5 nitrogen and oxygen atoms in total. The summed E-state index contributed by atoms with van der Waals surface area (Å²) >= 11 is 7.55. The number of morpholine rings is 1. The molecule has 0 radical (unpaired) electrons. The minimum Gasteiger partial charge on any atom is -0.372 e. The predicted molar refractivity (Wildman–Crippen MR) is 135 cm³/mol. The maximum Gasteiger partial charge on any atom is 0.257 e. The van der Waals surface area contributed by atoms with E-state index in [2.05, 4.69) is 26.1 Å². The maximum atomic E-state index is 13.8. The van der Waals surface area contributed by atoms with Gasteiger partial charge in [-0.25, -0.2) is 0 Å². The first-order valence-corrected chi connectivity index (χ1v) is 12.9. The Morgan fingerprint density at radius 3 is 2.36 bits per heavy atom. The zero-order chi connectivity index (χ0) is 23.9. The molecule has 1 fully saturated rings. The number of benzene rings is 1. The lowest BCUT2D eigenvalue weighted by atomic mass is 9.72. The van der Waals surface area contributed by atoms with Gasteiger partial charge in [0.05, 0.1) is 17.8 Å². The van der Waals surface area contributed by atoms with E-state index in [9.17, 15) is 9.59 Å². The number of anilines is 1. The van der Waals surface area contributed by atoms with Crippen LogP contribution in [0.15, 0.2) is 24.3 Å². The second-order valence-electron chi connectivity index (χ2n) is 10.4. The van der Waals surface area contributed by atoms with E-state index in [1.54, 1.807) is 35.6 Å². The molecule has 1 aliphatic carbocycles. The van der Waals surface area contributed by atoms with Crippen molar-refractivity contribution in [2.24, 2.45) is 11.3 Å². The fourth-order valence-electron chi connectivity index (χ4n) is 4.92. The molecule has 0 saturated carbocycles. The molecule has 4 rings (SSSR count). The van der Waals surface area contributed by atoms with Crippen LogP contribution in [0, 0.1) is 11.3 Å². The Bertz CT molecular complexity index is 1030. The Balaban J connectivity index is 1.69. The molecule has 178 valence electrons. The average molecular weight is 489 g/mol. The van der Waals surface area contributed by atoms with Crippen LogP contribution in [-0.2, 0) is 17.6 Å². The van der Waals surface area contributed by atoms with Crippen molar-refractivity contribution in [2.75, 3.05) is 18.4 Å². The van der Waals surface area contributed by atoms with Crippen LogP contribution >= 0.6 is 22.9 Å². The highest BCUT2D eigenvalue weighted by Gasteiger charge is 2.36. The van der Waals surface area contributed by atoms with E-state index in [1.807, 2.05) is 18.7 Å². The summed E-state index contributed by atoms with van der Waals surface area (Å²) in [6.45, 7) is 11.9. The zero-order valence-electron chi connectivity index (χ0n) is 20.0. The molecule has 0 spiro atoms. The van der Waals surface area contributed by atoms with Crippen LogP contribution < -0.4 is 5.32 Å². The van der Waals surface area contributed by atoms with E-state index in [4.69, 9.17) is 16.3 Å². The average Bonchev–Trinajstić information content (AvgIpc) is 3.09. The van der Waals surface area contributed by atoms with Crippen LogP contribution in [0.1, 0.15) is 72.2 Å². The van der Waals surface area contributed by atoms with Crippen LogP contribution in [0.3, 0.4) is 0 Å². The molecule has 1 aromatic heterocycles. The van der Waals surface area contributed by atoms with Crippen LogP contribution in [0.5, 0.6) is 0 Å². The number of hydrogen-bond donors (Lipinski definition) is 1. The highest BCUT2D eigenvalue weighted by Crippen LogP contribution is 2.45. The fourth-order valence-corrected chi connectivity index (χ4v) is 6.36. The molecule has 1 aliphatic heterocycles. The van der Waals surface area contributed by atoms with Gasteiger partial charge in [0.1, 0.15) is 5.00 Å². The van der Waals surface area contributed by atoms with Gasteiger partial charge >= 0.3 is 0 Å². The fraction of sp³-hybridized carbons (Fsp3) is 0.538. The third kappa shape index (κ3) is 5.28. The van der Waals surface area contributed by atoms with Gasteiger partial charge in [0, 0.05) is 28.6 Å². The summed E-state index contributed by atoms with van der Waals surface area (Å²) in [6, 6.07) is 6.81. The van der Waals surface area contributed by atoms with Gasteiger partial charge in [-0.15, -0.1) is 11.3 Å². The van der Waals surface area contributed by atoms with Crippen molar-refractivity contribution >= 4 is 39.8 Å². The lowest BCUT2D eigenvalue weighted by Crippen LogP contribution is -2.48. The largest absolute Gasteiger partial charge is 0.372 e. The monoisotopic (exact) mass is 488 g/mol. The SMILES string of the molecule is C[C@@H]1CN(C(=O)c2c(NC(=O)c3ccc(Cl)cc3)sc3c2CC[C@H](C(C)(C)C)C3)C[C@@H](C)O1. The summed E-state index contributed by atoms with van der Waals surface area (Å²) < 4.78 is 5.84. The number of nitrogens with zero attached hydrogens (tertiary/aromatic N) is 1. The van der Waals surface area contributed by atoms with E-state index >= 15 is 0 Å². The van der Waals surface area contributed by atoms with Gasteiger partial charge in [-0.1, -0.05) is 32.4 Å². The van der Waals surface area contributed by atoms with Gasteiger partial charge in [-0.05, 0) is 74.3 Å². The molecule has 1 N–H and O–H groups in total. The van der Waals surface area contributed by atoms with Crippen molar-refractivity contribution in [1.82, 2.24) is 4.90 Å². The quantitative estimate of drug-likeness (QED) is 0.571. The molecule has 2 heterocycles. The van der Waals surface area contributed by atoms with Gasteiger partial charge in [0.15, 0.2) is 0 Å². The Kier molecular flexibility index (Phi) is 6.90. The second kappa shape index (κ2) is 9.40. The van der Waals surface area contributed by atoms with E-state index in [-0.39, 0.29) is 29.4 Å². The highest BCUT2D eigenvalue weighted by molar-refractivity contribution is 7.17. The summed E-state index contributed by atoms with van der Waals surface area (Å²) in [6.07, 6.45) is 2.83. The van der Waals surface area contributed by atoms with Crippen molar-refractivity contribution in [3.8, 4) is 0 Å². The summed E-state index contributed by atoms with van der Waals surface area (Å²) in [5, 5.41) is 4.30. The molecule has 1 aromatic carbocycles. The molecule has 33 heavy (non-hydrogen) atoms. The summed E-state index contributed by atoms with van der Waals surface area (Å²) in [7, 11) is 0. The molecule has 1 saturated heterocycles. The third-order valence-electron chi connectivity index (χ3n) is 6.74. The van der Waals surface area contributed by atoms with Crippen molar-refractivity contribution in [1.29, 1.82) is 0 Å². The minimum atomic E-state index is -0.226. The lowest BCUT2D eigenvalue weighted by Gasteiger charge is -2.36. The van der Waals surface area contributed by atoms with Gasteiger partial charge in [-0.3, -0.25) is 9.59 Å². The first kappa shape index (κ1) is 24.2.